The van der Waals surface area contributed by atoms with E-state index in [2.05, 4.69) is 0 Å². The molecular formula is C13H10BrNO4S. The number of nitro groups is 1. The second kappa shape index (κ2) is 7.76. The molecule has 0 radical (unpaired) electrons. The van der Waals surface area contributed by atoms with Gasteiger partial charge in [0, 0.05) is 34.7 Å². The Morgan fingerprint density at radius 1 is 1.25 bits per heavy atom. The monoisotopic (exact) mass is 355 g/mol. The van der Waals surface area contributed by atoms with Crippen molar-refractivity contribution < 1.29 is 31.1 Å². The van der Waals surface area contributed by atoms with Crippen molar-refractivity contribution >= 4 is 23.2 Å². The van der Waals surface area contributed by atoms with Gasteiger partial charge in [0.15, 0.2) is 5.78 Å². The van der Waals surface area contributed by atoms with Crippen LogP contribution in [0.3, 0.4) is 0 Å². The molecule has 0 saturated carbocycles. The Balaban J connectivity index is 0.00000200. The number of thioether (sulfide) groups is 1. The number of carbonyl (C=O) groups excluding carboxylic acids is 1. The molecule has 0 amide bonds. The van der Waals surface area contributed by atoms with Crippen molar-refractivity contribution in [3.8, 4) is 0 Å². The standard InChI is InChI=1S/C13H10NO4S.BrH/c15-13(9-19-12-4-6-18-7-5-12)10-2-1-3-11(8-10)14(16)17;/h1-8H,9H2;1H/q+1;/p-1. The summed E-state index contributed by atoms with van der Waals surface area (Å²) < 4.78 is 4.88. The number of Topliss-reactive ketones (excluding diaryl/α,β-unsaturated/α-hetero) is 1. The third-order valence-corrected chi connectivity index (χ3v) is 3.38. The Bertz CT molecular complexity index is 606. The van der Waals surface area contributed by atoms with E-state index in [-0.39, 0.29) is 34.2 Å². The number of ketones is 1. The molecule has 5 nitrogen and oxygen atoms in total. The Hall–Kier alpha value is -1.73. The quantitative estimate of drug-likeness (QED) is 0.256. The molecule has 0 bridgehead atoms. The van der Waals surface area contributed by atoms with Crippen LogP contribution in [-0.4, -0.2) is 16.5 Å². The largest absolute Gasteiger partial charge is 1.00 e. The van der Waals surface area contributed by atoms with E-state index < -0.39 is 4.92 Å². The van der Waals surface area contributed by atoms with Gasteiger partial charge in [-0.2, -0.15) is 0 Å². The van der Waals surface area contributed by atoms with Gasteiger partial charge in [0.05, 0.1) is 10.7 Å². The molecule has 2 aromatic rings. The summed E-state index contributed by atoms with van der Waals surface area (Å²) >= 11 is 1.36. The lowest BCUT2D eigenvalue weighted by molar-refractivity contribution is -0.384. The van der Waals surface area contributed by atoms with Gasteiger partial charge in [0.25, 0.3) is 5.69 Å². The van der Waals surface area contributed by atoms with Crippen molar-refractivity contribution in [2.45, 2.75) is 4.90 Å². The molecule has 0 unspecified atom stereocenters. The first kappa shape index (κ1) is 16.3. The molecule has 0 atom stereocenters. The van der Waals surface area contributed by atoms with Crippen LogP contribution < -0.4 is 17.0 Å². The topological polar surface area (TPSA) is 71.5 Å². The van der Waals surface area contributed by atoms with Crippen LogP contribution in [0.4, 0.5) is 5.69 Å². The first-order valence-corrected chi connectivity index (χ1v) is 6.41. The lowest BCUT2D eigenvalue weighted by Gasteiger charge is -2.00. The van der Waals surface area contributed by atoms with Crippen molar-refractivity contribution in [1.82, 2.24) is 0 Å². The smallest absolute Gasteiger partial charge is 0.319 e. The van der Waals surface area contributed by atoms with E-state index in [1.54, 1.807) is 18.2 Å². The first-order chi connectivity index (χ1) is 9.16. The van der Waals surface area contributed by atoms with Crippen LogP contribution in [0.15, 0.2) is 58.2 Å². The molecular weight excluding hydrogens is 346 g/mol. The van der Waals surface area contributed by atoms with Gasteiger partial charge < -0.3 is 17.0 Å². The highest BCUT2D eigenvalue weighted by Crippen LogP contribution is 2.20. The summed E-state index contributed by atoms with van der Waals surface area (Å²) in [6.45, 7) is 0. The Labute approximate surface area is 129 Å². The summed E-state index contributed by atoms with van der Waals surface area (Å²) in [6, 6.07) is 9.26. The number of halogens is 1. The number of hydrogen-bond donors (Lipinski definition) is 0. The first-order valence-electron chi connectivity index (χ1n) is 5.43. The second-order valence-electron chi connectivity index (χ2n) is 3.66. The summed E-state index contributed by atoms with van der Waals surface area (Å²) in [5.41, 5.74) is 0.275. The molecule has 2 rings (SSSR count). The van der Waals surface area contributed by atoms with Crippen molar-refractivity contribution in [3.05, 3.63) is 64.6 Å². The molecule has 1 aromatic carbocycles. The molecule has 20 heavy (non-hydrogen) atoms. The van der Waals surface area contributed by atoms with Gasteiger partial charge >= 0.3 is 12.5 Å². The molecule has 0 fully saturated rings. The fourth-order valence-corrected chi connectivity index (χ4v) is 2.20. The molecule has 0 aliphatic rings. The van der Waals surface area contributed by atoms with Crippen LogP contribution >= 0.6 is 11.8 Å². The van der Waals surface area contributed by atoms with Crippen LogP contribution in [0.5, 0.6) is 0 Å². The van der Waals surface area contributed by atoms with Crippen molar-refractivity contribution in [3.63, 3.8) is 0 Å². The van der Waals surface area contributed by atoms with Gasteiger partial charge in [-0.1, -0.05) is 12.1 Å². The van der Waals surface area contributed by atoms with Gasteiger partial charge in [-0.3, -0.25) is 14.9 Å². The minimum Gasteiger partial charge on any atom is -1.00 e. The minimum atomic E-state index is -0.511. The number of benzene rings is 1. The summed E-state index contributed by atoms with van der Waals surface area (Å²) in [5.74, 6) is 0.0834. The molecule has 104 valence electrons. The highest BCUT2D eigenvalue weighted by Gasteiger charge is 2.12. The molecule has 7 heteroatoms. The minimum absolute atomic E-state index is 0. The number of carbonyl (C=O) groups is 1. The van der Waals surface area contributed by atoms with E-state index in [0.29, 0.717) is 5.56 Å². The molecule has 0 aliphatic heterocycles. The zero-order chi connectivity index (χ0) is 13.7. The fraction of sp³-hybridized carbons (Fsp3) is 0.0769. The molecule has 1 aromatic heterocycles. The number of nitro benzene ring substituents is 1. The average Bonchev–Trinajstić information content (AvgIpc) is 2.46. The molecule has 0 aliphatic carbocycles. The van der Waals surface area contributed by atoms with Crippen LogP contribution in [0.25, 0.3) is 0 Å². The lowest BCUT2D eigenvalue weighted by atomic mass is 10.1. The highest BCUT2D eigenvalue weighted by molar-refractivity contribution is 8.00. The van der Waals surface area contributed by atoms with E-state index in [4.69, 9.17) is 4.42 Å². The van der Waals surface area contributed by atoms with Gasteiger partial charge in [-0.05, 0) is 0 Å². The number of nitrogens with zero attached hydrogens (tertiary/aromatic N) is 1. The zero-order valence-electron chi connectivity index (χ0n) is 10.2. The number of hydrogen-bond acceptors (Lipinski definition) is 4. The Kier molecular flexibility index (Phi) is 6.33. The molecule has 1 heterocycles. The summed E-state index contributed by atoms with van der Waals surface area (Å²) in [6.07, 6.45) is 3.06. The predicted molar refractivity (Wildman–Crippen MR) is 71.3 cm³/mol. The van der Waals surface area contributed by atoms with E-state index in [9.17, 15) is 14.9 Å². The van der Waals surface area contributed by atoms with E-state index >= 15 is 0 Å². The number of rotatable bonds is 5. The van der Waals surface area contributed by atoms with Crippen LogP contribution in [0.2, 0.25) is 0 Å². The summed E-state index contributed by atoms with van der Waals surface area (Å²) in [4.78, 5) is 23.0. The summed E-state index contributed by atoms with van der Waals surface area (Å²) in [7, 11) is 0. The van der Waals surface area contributed by atoms with Crippen molar-refractivity contribution in [2.75, 3.05) is 5.75 Å². The third kappa shape index (κ3) is 4.43. The predicted octanol–water partition coefficient (Wildman–Crippen LogP) is 0.448. The van der Waals surface area contributed by atoms with Crippen molar-refractivity contribution in [2.24, 2.45) is 0 Å². The zero-order valence-corrected chi connectivity index (χ0v) is 12.6. The van der Waals surface area contributed by atoms with Crippen molar-refractivity contribution in [1.29, 1.82) is 0 Å². The van der Waals surface area contributed by atoms with E-state index in [0.717, 1.165) is 4.90 Å². The Morgan fingerprint density at radius 3 is 2.60 bits per heavy atom. The molecule has 0 saturated heterocycles. The van der Waals surface area contributed by atoms with Gasteiger partial charge in [0.2, 0.25) is 0 Å². The van der Waals surface area contributed by atoms with Gasteiger partial charge in [0.1, 0.15) is 0 Å². The number of non-ortho nitro benzene ring substituents is 1. The maximum atomic E-state index is 11.9. The Morgan fingerprint density at radius 2 is 1.95 bits per heavy atom. The van der Waals surface area contributed by atoms with Gasteiger partial charge in [-0.25, -0.2) is 4.42 Å². The van der Waals surface area contributed by atoms with Gasteiger partial charge in [-0.15, -0.1) is 11.8 Å². The molecule has 0 N–H and O–H groups in total. The third-order valence-electron chi connectivity index (χ3n) is 2.37. The van der Waals surface area contributed by atoms with E-state index in [1.807, 2.05) is 0 Å². The normalized spacial score (nSPS) is 9.60. The van der Waals surface area contributed by atoms with E-state index in [1.165, 1.54) is 42.5 Å². The van der Waals surface area contributed by atoms with Crippen LogP contribution in [-0.2, 0) is 0 Å². The maximum absolute atomic E-state index is 11.9. The highest BCUT2D eigenvalue weighted by atomic mass is 79.9. The van der Waals surface area contributed by atoms with Crippen LogP contribution in [0, 0.1) is 10.1 Å². The maximum Gasteiger partial charge on any atom is 0.319 e. The second-order valence-corrected chi connectivity index (χ2v) is 4.71. The summed E-state index contributed by atoms with van der Waals surface area (Å²) in [5, 5.41) is 10.6. The van der Waals surface area contributed by atoms with Crippen LogP contribution in [0.1, 0.15) is 10.4 Å². The lowest BCUT2D eigenvalue weighted by Crippen LogP contribution is -3.00. The average molecular weight is 356 g/mol. The fourth-order valence-electron chi connectivity index (χ4n) is 1.43. The SMILES string of the molecule is O=C(CSc1cc[o+]cc1)c1cccc([N+](=O)[O-])c1.[Br-]. The molecule has 0 spiro atoms.